The van der Waals surface area contributed by atoms with Crippen molar-refractivity contribution < 1.29 is 4.79 Å². The van der Waals surface area contributed by atoms with Crippen molar-refractivity contribution in [1.29, 1.82) is 0 Å². The van der Waals surface area contributed by atoms with Gasteiger partial charge in [0.25, 0.3) is 0 Å². The third-order valence-electron chi connectivity index (χ3n) is 3.17. The van der Waals surface area contributed by atoms with Gasteiger partial charge in [-0.25, -0.2) is 0 Å². The molecule has 0 bridgehead atoms. The lowest BCUT2D eigenvalue weighted by molar-refractivity contribution is -0.120. The van der Waals surface area contributed by atoms with Gasteiger partial charge in [0.05, 0.1) is 0 Å². The lowest BCUT2D eigenvalue weighted by Gasteiger charge is -2.26. The molecule has 1 aliphatic rings. The van der Waals surface area contributed by atoms with Crippen LogP contribution >= 0.6 is 0 Å². The molecular formula is C12H25N3O. The van der Waals surface area contributed by atoms with E-state index in [1.54, 1.807) is 7.05 Å². The standard InChI is InChI=1S/C12H25N3O/c1-10(14-8-6-12(16)13-2)9-11-5-3-4-7-15-11/h10-11,14-15H,3-9H2,1-2H3,(H,13,16). The predicted octanol–water partition coefficient (Wildman–Crippen LogP) is 0.633. The molecule has 1 fully saturated rings. The van der Waals surface area contributed by atoms with Gasteiger partial charge in [0.1, 0.15) is 0 Å². The van der Waals surface area contributed by atoms with Crippen LogP contribution in [0.5, 0.6) is 0 Å². The summed E-state index contributed by atoms with van der Waals surface area (Å²) in [6.45, 7) is 4.13. The summed E-state index contributed by atoms with van der Waals surface area (Å²) in [7, 11) is 1.68. The largest absolute Gasteiger partial charge is 0.359 e. The second kappa shape index (κ2) is 7.63. The highest BCUT2D eigenvalue weighted by molar-refractivity contribution is 5.75. The van der Waals surface area contributed by atoms with Gasteiger partial charge in [-0.1, -0.05) is 6.42 Å². The predicted molar refractivity (Wildman–Crippen MR) is 66.4 cm³/mol. The van der Waals surface area contributed by atoms with Crippen molar-refractivity contribution >= 4 is 5.91 Å². The summed E-state index contributed by atoms with van der Waals surface area (Å²) < 4.78 is 0. The number of hydrogen-bond acceptors (Lipinski definition) is 3. The molecule has 16 heavy (non-hydrogen) atoms. The highest BCUT2D eigenvalue weighted by Crippen LogP contribution is 2.11. The topological polar surface area (TPSA) is 53.2 Å². The number of rotatable bonds is 6. The minimum Gasteiger partial charge on any atom is -0.359 e. The second-order valence-corrected chi connectivity index (χ2v) is 4.66. The Labute approximate surface area is 98.6 Å². The molecule has 3 N–H and O–H groups in total. The molecule has 1 saturated heterocycles. The van der Waals surface area contributed by atoms with E-state index < -0.39 is 0 Å². The fourth-order valence-corrected chi connectivity index (χ4v) is 2.19. The molecule has 0 aromatic heterocycles. The molecule has 1 rings (SSSR count). The maximum Gasteiger partial charge on any atom is 0.221 e. The summed E-state index contributed by atoms with van der Waals surface area (Å²) in [5, 5.41) is 9.56. The zero-order valence-corrected chi connectivity index (χ0v) is 10.5. The SMILES string of the molecule is CNC(=O)CCNC(C)CC1CCCCN1. The first-order valence-electron chi connectivity index (χ1n) is 6.39. The lowest BCUT2D eigenvalue weighted by atomic mass is 9.99. The third kappa shape index (κ3) is 5.47. The Kier molecular flexibility index (Phi) is 6.42. The van der Waals surface area contributed by atoms with Crippen LogP contribution in [0.4, 0.5) is 0 Å². The third-order valence-corrected chi connectivity index (χ3v) is 3.17. The summed E-state index contributed by atoms with van der Waals surface area (Å²) in [6, 6.07) is 1.15. The number of hydrogen-bond donors (Lipinski definition) is 3. The van der Waals surface area contributed by atoms with Crippen LogP contribution in [-0.2, 0) is 4.79 Å². The highest BCUT2D eigenvalue weighted by atomic mass is 16.1. The normalized spacial score (nSPS) is 22.8. The van der Waals surface area contributed by atoms with Gasteiger partial charge in [-0.2, -0.15) is 0 Å². The molecule has 0 aromatic carbocycles. The molecule has 4 nitrogen and oxygen atoms in total. The average molecular weight is 227 g/mol. The van der Waals surface area contributed by atoms with E-state index in [1.807, 2.05) is 0 Å². The lowest BCUT2D eigenvalue weighted by Crippen LogP contribution is -2.40. The van der Waals surface area contributed by atoms with E-state index in [0.717, 1.165) is 19.5 Å². The van der Waals surface area contributed by atoms with Crippen LogP contribution in [0.25, 0.3) is 0 Å². The Morgan fingerprint density at radius 2 is 2.31 bits per heavy atom. The van der Waals surface area contributed by atoms with E-state index in [9.17, 15) is 4.79 Å². The Hall–Kier alpha value is -0.610. The first-order valence-corrected chi connectivity index (χ1v) is 6.39. The van der Waals surface area contributed by atoms with Crippen molar-refractivity contribution in [2.45, 2.75) is 51.1 Å². The molecule has 1 amide bonds. The van der Waals surface area contributed by atoms with E-state index in [2.05, 4.69) is 22.9 Å². The summed E-state index contributed by atoms with van der Waals surface area (Å²) >= 11 is 0. The van der Waals surface area contributed by atoms with E-state index in [-0.39, 0.29) is 5.91 Å². The van der Waals surface area contributed by atoms with Crippen LogP contribution in [0.2, 0.25) is 0 Å². The fourth-order valence-electron chi connectivity index (χ4n) is 2.19. The van der Waals surface area contributed by atoms with Gasteiger partial charge in [0.2, 0.25) is 5.91 Å². The number of carbonyl (C=O) groups is 1. The van der Waals surface area contributed by atoms with Crippen LogP contribution in [0.3, 0.4) is 0 Å². The molecule has 2 unspecified atom stereocenters. The van der Waals surface area contributed by atoms with Gasteiger partial charge in [-0.05, 0) is 32.7 Å². The molecule has 94 valence electrons. The molecule has 0 spiro atoms. The van der Waals surface area contributed by atoms with Gasteiger partial charge in [-0.3, -0.25) is 4.79 Å². The number of carbonyl (C=O) groups excluding carboxylic acids is 1. The van der Waals surface area contributed by atoms with E-state index >= 15 is 0 Å². The van der Waals surface area contributed by atoms with E-state index in [1.165, 1.54) is 19.3 Å². The summed E-state index contributed by atoms with van der Waals surface area (Å²) in [5.74, 6) is 0.107. The molecule has 1 heterocycles. The Morgan fingerprint density at radius 3 is 2.94 bits per heavy atom. The number of piperidine rings is 1. The quantitative estimate of drug-likeness (QED) is 0.624. The molecule has 1 aliphatic heterocycles. The van der Waals surface area contributed by atoms with Crippen molar-refractivity contribution in [1.82, 2.24) is 16.0 Å². The van der Waals surface area contributed by atoms with E-state index in [4.69, 9.17) is 0 Å². The minimum atomic E-state index is 0.107. The summed E-state index contributed by atoms with van der Waals surface area (Å²) in [5.41, 5.74) is 0. The zero-order valence-electron chi connectivity index (χ0n) is 10.5. The van der Waals surface area contributed by atoms with Gasteiger partial charge in [-0.15, -0.1) is 0 Å². The number of amides is 1. The van der Waals surface area contributed by atoms with Gasteiger partial charge in [0, 0.05) is 32.1 Å². The van der Waals surface area contributed by atoms with Gasteiger partial charge >= 0.3 is 0 Å². The average Bonchev–Trinajstić information content (AvgIpc) is 2.30. The van der Waals surface area contributed by atoms with Crippen LogP contribution in [-0.4, -0.2) is 38.1 Å². The molecule has 2 atom stereocenters. The van der Waals surface area contributed by atoms with Crippen LogP contribution < -0.4 is 16.0 Å². The Balaban J connectivity index is 2.05. The molecule has 0 radical (unpaired) electrons. The maximum atomic E-state index is 11.0. The monoisotopic (exact) mass is 227 g/mol. The number of nitrogens with one attached hydrogen (secondary N) is 3. The van der Waals surface area contributed by atoms with Gasteiger partial charge < -0.3 is 16.0 Å². The van der Waals surface area contributed by atoms with Gasteiger partial charge in [0.15, 0.2) is 0 Å². The Bertz CT molecular complexity index is 202. The highest BCUT2D eigenvalue weighted by Gasteiger charge is 2.15. The molecular weight excluding hydrogens is 202 g/mol. The first kappa shape index (κ1) is 13.5. The van der Waals surface area contributed by atoms with Crippen molar-refractivity contribution in [3.05, 3.63) is 0 Å². The van der Waals surface area contributed by atoms with Crippen LogP contribution in [0.1, 0.15) is 39.0 Å². The summed E-state index contributed by atoms with van der Waals surface area (Å²) in [6.07, 6.45) is 5.69. The zero-order chi connectivity index (χ0) is 11.8. The fraction of sp³-hybridized carbons (Fsp3) is 0.917. The van der Waals surface area contributed by atoms with E-state index in [0.29, 0.717) is 18.5 Å². The molecule has 4 heteroatoms. The minimum absolute atomic E-state index is 0.107. The maximum absolute atomic E-state index is 11.0. The Morgan fingerprint density at radius 1 is 1.50 bits per heavy atom. The second-order valence-electron chi connectivity index (χ2n) is 4.66. The molecule has 0 saturated carbocycles. The van der Waals surface area contributed by atoms with Crippen molar-refractivity contribution in [3.63, 3.8) is 0 Å². The molecule has 0 aromatic rings. The van der Waals surface area contributed by atoms with Crippen molar-refractivity contribution in [2.75, 3.05) is 20.1 Å². The van der Waals surface area contributed by atoms with Crippen molar-refractivity contribution in [2.24, 2.45) is 0 Å². The van der Waals surface area contributed by atoms with Crippen molar-refractivity contribution in [3.8, 4) is 0 Å². The summed E-state index contributed by atoms with van der Waals surface area (Å²) in [4.78, 5) is 11.0. The molecule has 0 aliphatic carbocycles. The van der Waals surface area contributed by atoms with Crippen LogP contribution in [0.15, 0.2) is 0 Å². The van der Waals surface area contributed by atoms with Crippen LogP contribution in [0, 0.1) is 0 Å². The first-order chi connectivity index (χ1) is 7.72. The smallest absolute Gasteiger partial charge is 0.221 e.